The third kappa shape index (κ3) is 3.64. The van der Waals surface area contributed by atoms with Crippen LogP contribution in [0, 0.1) is 0 Å². The van der Waals surface area contributed by atoms with E-state index in [1.807, 2.05) is 0 Å². The molecule has 0 bridgehead atoms. The molecule has 0 spiro atoms. The maximum Gasteiger partial charge on any atom is 0.449 e. The molecule has 28 heavy (non-hydrogen) atoms. The number of amides is 3. The summed E-state index contributed by atoms with van der Waals surface area (Å²) in [5, 5.41) is 0. The van der Waals surface area contributed by atoms with Gasteiger partial charge in [0.1, 0.15) is 12.6 Å². The Kier molecular flexibility index (Phi) is 5.01. The number of rotatable bonds is 3. The lowest BCUT2D eigenvalue weighted by molar-refractivity contribution is -0.150. The van der Waals surface area contributed by atoms with Crippen LogP contribution < -0.4 is 5.73 Å². The van der Waals surface area contributed by atoms with Gasteiger partial charge in [0.15, 0.2) is 0 Å². The lowest BCUT2D eigenvalue weighted by Crippen LogP contribution is -2.60. The largest absolute Gasteiger partial charge is 0.449 e. The Bertz CT molecular complexity index is 940. The van der Waals surface area contributed by atoms with Crippen LogP contribution in [0.15, 0.2) is 24.3 Å². The molecule has 3 rings (SSSR count). The van der Waals surface area contributed by atoms with E-state index in [0.717, 1.165) is 4.57 Å². The van der Waals surface area contributed by atoms with Crippen LogP contribution in [0.2, 0.25) is 0 Å². The van der Waals surface area contributed by atoms with Crippen LogP contribution in [0.1, 0.15) is 12.7 Å². The zero-order chi connectivity index (χ0) is 20.6. The Morgan fingerprint density at radius 1 is 1.21 bits per heavy atom. The van der Waals surface area contributed by atoms with Crippen molar-refractivity contribution in [2.45, 2.75) is 25.7 Å². The van der Waals surface area contributed by atoms with Crippen molar-refractivity contribution in [2.24, 2.45) is 5.73 Å². The van der Waals surface area contributed by atoms with Crippen molar-refractivity contribution in [1.82, 2.24) is 19.4 Å². The van der Waals surface area contributed by atoms with Gasteiger partial charge in [-0.25, -0.2) is 4.98 Å². The molecule has 0 radical (unpaired) electrons. The number of halogens is 3. The molecular weight excluding hydrogens is 379 g/mol. The molecule has 0 aliphatic carbocycles. The van der Waals surface area contributed by atoms with Gasteiger partial charge in [0, 0.05) is 20.0 Å². The van der Waals surface area contributed by atoms with Crippen LogP contribution in [-0.2, 0) is 27.1 Å². The van der Waals surface area contributed by atoms with E-state index in [9.17, 15) is 27.6 Å². The summed E-state index contributed by atoms with van der Waals surface area (Å²) in [4.78, 5) is 42.0. The van der Waals surface area contributed by atoms with Gasteiger partial charge in [-0.3, -0.25) is 14.4 Å². The molecule has 8 nitrogen and oxygen atoms in total. The van der Waals surface area contributed by atoms with E-state index < -0.39 is 36.4 Å². The molecule has 1 aliphatic heterocycles. The molecule has 2 heterocycles. The Labute approximate surface area is 157 Å². The van der Waals surface area contributed by atoms with Crippen LogP contribution >= 0.6 is 0 Å². The number of imidazole rings is 1. The zero-order valence-electron chi connectivity index (χ0n) is 14.9. The molecule has 1 saturated heterocycles. The summed E-state index contributed by atoms with van der Waals surface area (Å²) < 4.78 is 40.9. The predicted molar refractivity (Wildman–Crippen MR) is 91.7 cm³/mol. The number of hydrogen-bond acceptors (Lipinski definition) is 4. The number of nitrogens with zero attached hydrogens (tertiary/aromatic N) is 4. The molecule has 0 unspecified atom stereocenters. The van der Waals surface area contributed by atoms with Crippen LogP contribution in [0.4, 0.5) is 13.2 Å². The van der Waals surface area contributed by atoms with E-state index >= 15 is 0 Å². The second-order valence-electron chi connectivity index (χ2n) is 6.48. The number of hydrogen-bond donors (Lipinski definition) is 1. The minimum atomic E-state index is -4.73. The summed E-state index contributed by atoms with van der Waals surface area (Å²) >= 11 is 0. The van der Waals surface area contributed by atoms with Crippen molar-refractivity contribution in [3.05, 3.63) is 30.1 Å². The summed E-state index contributed by atoms with van der Waals surface area (Å²) in [6, 6.07) is 4.97. The average Bonchev–Trinajstić information content (AvgIpc) is 3.00. The first-order valence-electron chi connectivity index (χ1n) is 8.46. The number of nitrogens with two attached hydrogens (primary N) is 1. The van der Waals surface area contributed by atoms with Gasteiger partial charge in [-0.05, 0) is 12.1 Å². The Balaban J connectivity index is 1.87. The fourth-order valence-corrected chi connectivity index (χ4v) is 3.32. The molecule has 1 fully saturated rings. The lowest BCUT2D eigenvalue weighted by Gasteiger charge is -2.39. The molecule has 0 saturated carbocycles. The smallest absolute Gasteiger partial charge is 0.368 e. The van der Waals surface area contributed by atoms with Crippen molar-refractivity contribution in [3.63, 3.8) is 0 Å². The first-order chi connectivity index (χ1) is 13.1. The van der Waals surface area contributed by atoms with Gasteiger partial charge in [-0.15, -0.1) is 0 Å². The maximum absolute atomic E-state index is 13.4. The molecule has 1 aliphatic rings. The number of aromatic nitrogens is 2. The Hall–Kier alpha value is -3.11. The van der Waals surface area contributed by atoms with Crippen LogP contribution in [-0.4, -0.2) is 62.7 Å². The number of piperazine rings is 1. The number of benzene rings is 1. The second-order valence-corrected chi connectivity index (χ2v) is 6.48. The van der Waals surface area contributed by atoms with E-state index in [4.69, 9.17) is 5.73 Å². The third-order valence-electron chi connectivity index (χ3n) is 4.67. The van der Waals surface area contributed by atoms with Crippen molar-refractivity contribution < 1.29 is 27.6 Å². The highest BCUT2D eigenvalue weighted by atomic mass is 19.4. The SMILES string of the molecule is CC(=O)N1CCN(C(=O)Cn2c(C(F)(F)F)nc3ccccc32)C[C@H]1C(N)=O. The number of carbonyl (C=O) groups is 3. The van der Waals surface area contributed by atoms with E-state index in [-0.39, 0.29) is 36.6 Å². The summed E-state index contributed by atoms with van der Waals surface area (Å²) in [5.74, 6) is -2.94. The highest BCUT2D eigenvalue weighted by Gasteiger charge is 2.39. The predicted octanol–water partition coefficient (Wildman–Crippen LogP) is 0.600. The quantitative estimate of drug-likeness (QED) is 0.820. The molecule has 2 N–H and O–H groups in total. The monoisotopic (exact) mass is 397 g/mol. The normalized spacial score (nSPS) is 17.8. The van der Waals surface area contributed by atoms with E-state index in [1.165, 1.54) is 28.9 Å². The van der Waals surface area contributed by atoms with Gasteiger partial charge in [0.2, 0.25) is 23.5 Å². The third-order valence-corrected chi connectivity index (χ3v) is 4.67. The number of para-hydroxylation sites is 2. The fourth-order valence-electron chi connectivity index (χ4n) is 3.32. The highest BCUT2D eigenvalue weighted by molar-refractivity contribution is 5.88. The lowest BCUT2D eigenvalue weighted by atomic mass is 10.1. The summed E-state index contributed by atoms with van der Waals surface area (Å²) in [5.41, 5.74) is 5.62. The van der Waals surface area contributed by atoms with E-state index in [0.29, 0.717) is 0 Å². The van der Waals surface area contributed by atoms with Crippen LogP contribution in [0.5, 0.6) is 0 Å². The van der Waals surface area contributed by atoms with Crippen molar-refractivity contribution >= 4 is 28.8 Å². The molecular formula is C17H18F3N5O3. The number of fused-ring (bicyclic) bond motifs is 1. The summed E-state index contributed by atoms with van der Waals surface area (Å²) in [6.45, 7) is 0.685. The van der Waals surface area contributed by atoms with Crippen molar-refractivity contribution in [1.29, 1.82) is 0 Å². The van der Waals surface area contributed by atoms with Gasteiger partial charge in [0.25, 0.3) is 0 Å². The first kappa shape index (κ1) is 19.6. The topological polar surface area (TPSA) is 102 Å². The Morgan fingerprint density at radius 3 is 2.50 bits per heavy atom. The number of carbonyl (C=O) groups excluding carboxylic acids is 3. The minimum Gasteiger partial charge on any atom is -0.368 e. The van der Waals surface area contributed by atoms with Gasteiger partial charge >= 0.3 is 6.18 Å². The molecule has 150 valence electrons. The molecule has 1 aromatic carbocycles. The summed E-state index contributed by atoms with van der Waals surface area (Å²) in [7, 11) is 0. The molecule has 11 heteroatoms. The minimum absolute atomic E-state index is 0.0749. The summed E-state index contributed by atoms with van der Waals surface area (Å²) in [6.07, 6.45) is -4.73. The van der Waals surface area contributed by atoms with Gasteiger partial charge in [-0.1, -0.05) is 12.1 Å². The van der Waals surface area contributed by atoms with E-state index in [1.54, 1.807) is 12.1 Å². The standard InChI is InChI=1S/C17H18F3N5O3/c1-10(26)24-7-6-23(8-13(24)15(21)28)14(27)9-25-12-5-3-2-4-11(12)22-16(25)17(18,19)20/h2-5,13H,6-9H2,1H3,(H2,21,28)/t13-/m0/s1. The van der Waals surface area contributed by atoms with Crippen LogP contribution in [0.3, 0.4) is 0 Å². The molecule has 3 amide bonds. The zero-order valence-corrected chi connectivity index (χ0v) is 14.9. The first-order valence-corrected chi connectivity index (χ1v) is 8.46. The van der Waals surface area contributed by atoms with Crippen molar-refractivity contribution in [3.8, 4) is 0 Å². The highest BCUT2D eigenvalue weighted by Crippen LogP contribution is 2.31. The fraction of sp³-hybridized carbons (Fsp3) is 0.412. The molecule has 1 atom stereocenters. The van der Waals surface area contributed by atoms with Crippen LogP contribution in [0.25, 0.3) is 11.0 Å². The molecule has 2 aromatic rings. The second kappa shape index (κ2) is 7.13. The molecule has 1 aromatic heterocycles. The average molecular weight is 397 g/mol. The Morgan fingerprint density at radius 2 is 1.89 bits per heavy atom. The number of alkyl halides is 3. The maximum atomic E-state index is 13.4. The van der Waals surface area contributed by atoms with Gasteiger partial charge in [0.05, 0.1) is 17.6 Å². The van der Waals surface area contributed by atoms with Crippen molar-refractivity contribution in [2.75, 3.05) is 19.6 Å². The van der Waals surface area contributed by atoms with Gasteiger partial charge in [-0.2, -0.15) is 13.2 Å². The van der Waals surface area contributed by atoms with Gasteiger partial charge < -0.3 is 20.1 Å². The number of primary amides is 1. The van der Waals surface area contributed by atoms with E-state index in [2.05, 4.69) is 4.98 Å².